The highest BCUT2D eigenvalue weighted by molar-refractivity contribution is 7.92. The number of nitrogens with zero attached hydrogens (tertiary/aromatic N) is 1. The van der Waals surface area contributed by atoms with Crippen molar-refractivity contribution in [3.05, 3.63) is 84.2 Å². The number of carbonyl (C=O) groups excluding carboxylic acids is 2. The SMILES string of the molecule is COc1ccc(S(=O)(=O)N(CC(=O)Nc2ccccc2C(=O)NC(C)(C)C)c2ccccc2F)cc1. The van der Waals surface area contributed by atoms with Gasteiger partial charge >= 0.3 is 0 Å². The van der Waals surface area contributed by atoms with Crippen molar-refractivity contribution in [2.45, 2.75) is 31.2 Å². The monoisotopic (exact) mass is 513 g/mol. The molecule has 8 nitrogen and oxygen atoms in total. The van der Waals surface area contributed by atoms with E-state index in [1.54, 1.807) is 18.2 Å². The number of halogens is 1. The van der Waals surface area contributed by atoms with Gasteiger partial charge in [-0.05, 0) is 69.3 Å². The lowest BCUT2D eigenvalue weighted by Gasteiger charge is -2.25. The molecule has 0 atom stereocenters. The molecule has 36 heavy (non-hydrogen) atoms. The van der Waals surface area contributed by atoms with E-state index >= 15 is 0 Å². The van der Waals surface area contributed by atoms with E-state index in [1.165, 1.54) is 55.6 Å². The lowest BCUT2D eigenvalue weighted by molar-refractivity contribution is -0.114. The molecule has 10 heteroatoms. The third kappa shape index (κ3) is 6.39. The number of rotatable bonds is 8. The largest absolute Gasteiger partial charge is 0.497 e. The van der Waals surface area contributed by atoms with Crippen LogP contribution in [-0.4, -0.2) is 39.4 Å². The van der Waals surface area contributed by atoms with Crippen molar-refractivity contribution in [1.82, 2.24) is 5.32 Å². The highest BCUT2D eigenvalue weighted by Gasteiger charge is 2.29. The quantitative estimate of drug-likeness (QED) is 0.470. The second kappa shape index (κ2) is 10.8. The molecule has 0 bridgehead atoms. The van der Waals surface area contributed by atoms with Gasteiger partial charge in [-0.1, -0.05) is 24.3 Å². The van der Waals surface area contributed by atoms with Crippen LogP contribution in [0.4, 0.5) is 15.8 Å². The van der Waals surface area contributed by atoms with E-state index in [2.05, 4.69) is 10.6 Å². The number of methoxy groups -OCH3 is 1. The maximum Gasteiger partial charge on any atom is 0.264 e. The van der Waals surface area contributed by atoms with Crippen molar-refractivity contribution in [1.29, 1.82) is 0 Å². The maximum atomic E-state index is 14.7. The Hall–Kier alpha value is -3.92. The van der Waals surface area contributed by atoms with Gasteiger partial charge in [0.1, 0.15) is 18.1 Å². The average Bonchev–Trinajstić information content (AvgIpc) is 2.82. The molecule has 0 aliphatic carbocycles. The van der Waals surface area contributed by atoms with Crippen LogP contribution in [0.3, 0.4) is 0 Å². The van der Waals surface area contributed by atoms with Crippen molar-refractivity contribution >= 4 is 33.2 Å². The van der Waals surface area contributed by atoms with Gasteiger partial charge in [-0.3, -0.25) is 13.9 Å². The summed E-state index contributed by atoms with van der Waals surface area (Å²) in [4.78, 5) is 25.6. The van der Waals surface area contributed by atoms with E-state index in [4.69, 9.17) is 4.74 Å². The Labute approximate surface area is 210 Å². The van der Waals surface area contributed by atoms with Crippen LogP contribution in [0.5, 0.6) is 5.75 Å². The summed E-state index contributed by atoms with van der Waals surface area (Å²) in [6.45, 7) is 4.73. The zero-order valence-corrected chi connectivity index (χ0v) is 21.2. The van der Waals surface area contributed by atoms with Crippen molar-refractivity contribution in [3.63, 3.8) is 0 Å². The van der Waals surface area contributed by atoms with Gasteiger partial charge in [0.2, 0.25) is 5.91 Å². The molecular formula is C26H28FN3O5S. The normalized spacial score (nSPS) is 11.5. The second-order valence-electron chi connectivity index (χ2n) is 8.94. The Morgan fingerprint density at radius 1 is 0.944 bits per heavy atom. The number of hydrogen-bond acceptors (Lipinski definition) is 5. The van der Waals surface area contributed by atoms with E-state index in [0.717, 1.165) is 6.07 Å². The van der Waals surface area contributed by atoms with Gasteiger partial charge < -0.3 is 15.4 Å². The average molecular weight is 514 g/mol. The molecular weight excluding hydrogens is 485 g/mol. The lowest BCUT2D eigenvalue weighted by Crippen LogP contribution is -2.41. The fourth-order valence-electron chi connectivity index (χ4n) is 3.35. The Morgan fingerprint density at radius 2 is 1.56 bits per heavy atom. The fraction of sp³-hybridized carbons (Fsp3) is 0.231. The van der Waals surface area contributed by atoms with Gasteiger partial charge in [0, 0.05) is 5.54 Å². The molecule has 0 unspecified atom stereocenters. The zero-order chi connectivity index (χ0) is 26.5. The molecule has 2 N–H and O–H groups in total. The Balaban J connectivity index is 1.94. The first kappa shape index (κ1) is 26.7. The summed E-state index contributed by atoms with van der Waals surface area (Å²) < 4.78 is 47.4. The first-order valence-electron chi connectivity index (χ1n) is 11.0. The van der Waals surface area contributed by atoms with Crippen molar-refractivity contribution in [2.24, 2.45) is 0 Å². The van der Waals surface area contributed by atoms with Crippen LogP contribution in [0, 0.1) is 5.82 Å². The van der Waals surface area contributed by atoms with Crippen LogP contribution in [0.2, 0.25) is 0 Å². The van der Waals surface area contributed by atoms with E-state index in [9.17, 15) is 22.4 Å². The third-order valence-electron chi connectivity index (χ3n) is 4.99. The fourth-order valence-corrected chi connectivity index (χ4v) is 4.78. The molecule has 0 aliphatic rings. The highest BCUT2D eigenvalue weighted by atomic mass is 32.2. The van der Waals surface area contributed by atoms with E-state index in [-0.39, 0.29) is 21.8 Å². The first-order valence-corrected chi connectivity index (χ1v) is 12.5. The minimum absolute atomic E-state index is 0.149. The summed E-state index contributed by atoms with van der Waals surface area (Å²) in [5, 5.41) is 5.41. The highest BCUT2D eigenvalue weighted by Crippen LogP contribution is 2.27. The Kier molecular flexibility index (Phi) is 7.99. The summed E-state index contributed by atoms with van der Waals surface area (Å²) >= 11 is 0. The zero-order valence-electron chi connectivity index (χ0n) is 20.4. The van der Waals surface area contributed by atoms with Gasteiger partial charge in [-0.2, -0.15) is 0 Å². The number of anilines is 2. The van der Waals surface area contributed by atoms with E-state index < -0.39 is 39.7 Å². The molecule has 3 rings (SSSR count). The second-order valence-corrected chi connectivity index (χ2v) is 10.8. The number of carbonyl (C=O) groups is 2. The number of ether oxygens (including phenoxy) is 1. The molecule has 190 valence electrons. The van der Waals surface area contributed by atoms with Crippen LogP contribution < -0.4 is 19.7 Å². The summed E-state index contributed by atoms with van der Waals surface area (Å²) in [6, 6.07) is 17.1. The predicted octanol–water partition coefficient (Wildman–Crippen LogP) is 4.20. The van der Waals surface area contributed by atoms with Crippen LogP contribution in [-0.2, 0) is 14.8 Å². The minimum Gasteiger partial charge on any atom is -0.497 e. The van der Waals surface area contributed by atoms with Gasteiger partial charge in [-0.15, -0.1) is 0 Å². The lowest BCUT2D eigenvalue weighted by atomic mass is 10.1. The molecule has 0 saturated carbocycles. The Bertz CT molecular complexity index is 1350. The molecule has 0 radical (unpaired) electrons. The summed E-state index contributed by atoms with van der Waals surface area (Å²) in [7, 11) is -2.90. The molecule has 0 heterocycles. The number of para-hydroxylation sites is 2. The molecule has 0 aliphatic heterocycles. The molecule has 0 spiro atoms. The number of hydrogen-bond donors (Lipinski definition) is 2. The number of benzene rings is 3. The van der Waals surface area contributed by atoms with Gasteiger partial charge in [0.15, 0.2) is 0 Å². The molecule has 3 aromatic carbocycles. The minimum atomic E-state index is -4.34. The third-order valence-corrected chi connectivity index (χ3v) is 6.76. The van der Waals surface area contributed by atoms with Gasteiger partial charge in [0.25, 0.3) is 15.9 Å². The summed E-state index contributed by atoms with van der Waals surface area (Å²) in [5.41, 5.74) is -0.402. The van der Waals surface area contributed by atoms with Gasteiger partial charge in [-0.25, -0.2) is 12.8 Å². The molecule has 0 aromatic heterocycles. The van der Waals surface area contributed by atoms with Crippen LogP contribution in [0.25, 0.3) is 0 Å². The van der Waals surface area contributed by atoms with Crippen LogP contribution in [0.1, 0.15) is 31.1 Å². The van der Waals surface area contributed by atoms with E-state index in [1.807, 2.05) is 20.8 Å². The van der Waals surface area contributed by atoms with Crippen molar-refractivity contribution in [3.8, 4) is 5.75 Å². The molecule has 0 saturated heterocycles. The number of sulfonamides is 1. The summed E-state index contributed by atoms with van der Waals surface area (Å²) in [5.74, 6) is -1.54. The molecule has 2 amide bonds. The molecule has 3 aromatic rings. The van der Waals surface area contributed by atoms with Crippen LogP contribution >= 0.6 is 0 Å². The predicted molar refractivity (Wildman–Crippen MR) is 136 cm³/mol. The number of amides is 2. The number of nitrogens with one attached hydrogen (secondary N) is 2. The maximum absolute atomic E-state index is 14.7. The molecule has 0 fully saturated rings. The summed E-state index contributed by atoms with van der Waals surface area (Å²) in [6.07, 6.45) is 0. The van der Waals surface area contributed by atoms with E-state index in [0.29, 0.717) is 10.1 Å². The Morgan fingerprint density at radius 3 is 2.17 bits per heavy atom. The standard InChI is InChI=1S/C26H28FN3O5S/c1-26(2,3)29-25(32)20-9-5-7-11-22(20)28-24(31)17-30(23-12-8-6-10-21(23)27)36(33,34)19-15-13-18(35-4)14-16-19/h5-16H,17H2,1-4H3,(H,28,31)(H,29,32). The van der Waals surface area contributed by atoms with Crippen molar-refractivity contribution < 1.29 is 27.1 Å². The first-order chi connectivity index (χ1) is 16.9. The van der Waals surface area contributed by atoms with Gasteiger partial charge in [0.05, 0.1) is 28.9 Å². The topological polar surface area (TPSA) is 105 Å². The smallest absolute Gasteiger partial charge is 0.264 e. The van der Waals surface area contributed by atoms with Crippen LogP contribution in [0.15, 0.2) is 77.7 Å². The van der Waals surface area contributed by atoms with Crippen molar-refractivity contribution in [2.75, 3.05) is 23.3 Å².